The van der Waals surface area contributed by atoms with Crippen LogP contribution in [0.25, 0.3) is 0 Å². The smallest absolute Gasteiger partial charge is 0.357 e. The maximum Gasteiger partial charge on any atom is 0.357 e. The molecule has 1 atom stereocenters. The van der Waals surface area contributed by atoms with Crippen molar-refractivity contribution in [3.63, 3.8) is 0 Å². The van der Waals surface area contributed by atoms with Gasteiger partial charge in [-0.2, -0.15) is 0 Å². The monoisotopic (exact) mass is 415 g/mol. The second-order valence-corrected chi connectivity index (χ2v) is 6.43. The van der Waals surface area contributed by atoms with Gasteiger partial charge in [0.25, 0.3) is 0 Å². The van der Waals surface area contributed by atoms with Gasteiger partial charge in [-0.15, -0.1) is 0 Å². The maximum absolute atomic E-state index is 12.6. The van der Waals surface area contributed by atoms with E-state index in [1.165, 1.54) is 18.3 Å². The molecule has 150 valence electrons. The molecule has 0 aliphatic carbocycles. The minimum Gasteiger partial charge on any atom is -0.463 e. The van der Waals surface area contributed by atoms with E-state index in [1.54, 1.807) is 31.2 Å². The molecule has 1 aromatic heterocycles. The Morgan fingerprint density at radius 1 is 1.14 bits per heavy atom. The van der Waals surface area contributed by atoms with Crippen molar-refractivity contribution in [2.75, 3.05) is 13.2 Å². The van der Waals surface area contributed by atoms with E-state index >= 15 is 0 Å². The molecule has 0 spiro atoms. The van der Waals surface area contributed by atoms with Crippen molar-refractivity contribution in [2.24, 2.45) is 0 Å². The van der Waals surface area contributed by atoms with Gasteiger partial charge in [0.2, 0.25) is 0 Å². The van der Waals surface area contributed by atoms with Gasteiger partial charge >= 0.3 is 18.0 Å². The predicted molar refractivity (Wildman–Crippen MR) is 104 cm³/mol. The normalized spacial score (nSPS) is 15.9. The standard InChI is InChI=1S/C20H18ClN3O5/c1-2-28-19(26)16-15(11-29-18(25)14-10-13(21)8-9-22-14)23-20(27)24-17(16)12-6-4-3-5-7-12/h3-10,17H,2,11H2,1H3,(H2,23,24,27). The first kappa shape index (κ1) is 20.3. The molecule has 3 rings (SSSR count). The van der Waals surface area contributed by atoms with E-state index in [0.29, 0.717) is 10.6 Å². The number of esters is 2. The van der Waals surface area contributed by atoms with Crippen molar-refractivity contribution in [2.45, 2.75) is 13.0 Å². The number of urea groups is 1. The lowest BCUT2D eigenvalue weighted by molar-refractivity contribution is -0.139. The van der Waals surface area contributed by atoms with E-state index in [1.807, 2.05) is 6.07 Å². The number of halogens is 1. The lowest BCUT2D eigenvalue weighted by atomic mass is 9.95. The Hall–Kier alpha value is -3.39. The highest BCUT2D eigenvalue weighted by Gasteiger charge is 2.34. The van der Waals surface area contributed by atoms with Crippen molar-refractivity contribution in [3.8, 4) is 0 Å². The average Bonchev–Trinajstić information content (AvgIpc) is 2.72. The Morgan fingerprint density at radius 2 is 1.90 bits per heavy atom. The number of hydrogen-bond acceptors (Lipinski definition) is 6. The van der Waals surface area contributed by atoms with Crippen LogP contribution in [0.4, 0.5) is 4.79 Å². The summed E-state index contributed by atoms with van der Waals surface area (Å²) in [4.78, 5) is 40.9. The van der Waals surface area contributed by atoms with Crippen LogP contribution in [0.3, 0.4) is 0 Å². The predicted octanol–water partition coefficient (Wildman–Crippen LogP) is 2.76. The van der Waals surface area contributed by atoms with Crippen LogP contribution in [0, 0.1) is 0 Å². The highest BCUT2D eigenvalue weighted by atomic mass is 35.5. The van der Waals surface area contributed by atoms with E-state index in [2.05, 4.69) is 15.6 Å². The molecule has 1 aliphatic heterocycles. The third-order valence-electron chi connectivity index (χ3n) is 4.06. The molecule has 1 unspecified atom stereocenters. The van der Waals surface area contributed by atoms with Crippen LogP contribution < -0.4 is 10.6 Å². The lowest BCUT2D eigenvalue weighted by Crippen LogP contribution is -2.47. The van der Waals surface area contributed by atoms with Crippen molar-refractivity contribution in [1.29, 1.82) is 0 Å². The number of rotatable bonds is 6. The zero-order valence-corrected chi connectivity index (χ0v) is 16.2. The summed E-state index contributed by atoms with van der Waals surface area (Å²) in [5.74, 6) is -1.37. The third kappa shape index (κ3) is 4.91. The lowest BCUT2D eigenvalue weighted by Gasteiger charge is -2.29. The number of carbonyl (C=O) groups excluding carboxylic acids is 3. The van der Waals surface area contributed by atoms with Gasteiger partial charge < -0.3 is 20.1 Å². The molecular weight excluding hydrogens is 398 g/mol. The topological polar surface area (TPSA) is 107 Å². The Bertz CT molecular complexity index is 962. The molecule has 1 aliphatic rings. The van der Waals surface area contributed by atoms with Crippen LogP contribution >= 0.6 is 11.6 Å². The first-order chi connectivity index (χ1) is 14.0. The van der Waals surface area contributed by atoms with Crippen molar-refractivity contribution >= 4 is 29.6 Å². The number of ether oxygens (including phenoxy) is 2. The average molecular weight is 416 g/mol. The Labute approximate surface area is 171 Å². The first-order valence-electron chi connectivity index (χ1n) is 8.81. The molecule has 2 N–H and O–H groups in total. The molecule has 0 saturated heterocycles. The van der Waals surface area contributed by atoms with Crippen LogP contribution in [0.1, 0.15) is 29.0 Å². The number of aromatic nitrogens is 1. The molecule has 29 heavy (non-hydrogen) atoms. The fraction of sp³-hybridized carbons (Fsp3) is 0.200. The number of nitrogens with zero attached hydrogens (tertiary/aromatic N) is 1. The van der Waals surface area contributed by atoms with Gasteiger partial charge in [-0.3, -0.25) is 0 Å². The van der Waals surface area contributed by atoms with Crippen molar-refractivity contribution < 1.29 is 23.9 Å². The first-order valence-corrected chi connectivity index (χ1v) is 9.18. The van der Waals surface area contributed by atoms with Crippen molar-refractivity contribution in [3.05, 3.63) is 76.2 Å². The molecule has 9 heteroatoms. The summed E-state index contributed by atoms with van der Waals surface area (Å²) in [6.45, 7) is 1.48. The number of carbonyl (C=O) groups is 3. The highest BCUT2D eigenvalue weighted by Crippen LogP contribution is 2.28. The fourth-order valence-corrected chi connectivity index (χ4v) is 2.96. The van der Waals surface area contributed by atoms with Gasteiger partial charge in [0.1, 0.15) is 12.3 Å². The number of amides is 2. The third-order valence-corrected chi connectivity index (χ3v) is 4.30. The number of hydrogen-bond donors (Lipinski definition) is 2. The van der Waals surface area contributed by atoms with E-state index < -0.39 is 24.0 Å². The zero-order valence-electron chi connectivity index (χ0n) is 15.5. The Kier molecular flexibility index (Phi) is 6.46. The Balaban J connectivity index is 1.91. The summed E-state index contributed by atoms with van der Waals surface area (Å²) in [5, 5.41) is 5.56. The van der Waals surface area contributed by atoms with E-state index in [4.69, 9.17) is 21.1 Å². The van der Waals surface area contributed by atoms with Gasteiger partial charge in [-0.05, 0) is 24.6 Å². The van der Waals surface area contributed by atoms with Crippen LogP contribution in [0.2, 0.25) is 5.02 Å². The summed E-state index contributed by atoms with van der Waals surface area (Å²) in [6.07, 6.45) is 1.37. The summed E-state index contributed by atoms with van der Waals surface area (Å²) >= 11 is 5.86. The molecular formula is C20H18ClN3O5. The summed E-state index contributed by atoms with van der Waals surface area (Å²) in [6, 6.07) is 10.6. The van der Waals surface area contributed by atoms with Crippen LogP contribution in [0.15, 0.2) is 59.9 Å². The van der Waals surface area contributed by atoms with Gasteiger partial charge in [0, 0.05) is 11.2 Å². The van der Waals surface area contributed by atoms with Crippen LogP contribution in [-0.2, 0) is 14.3 Å². The maximum atomic E-state index is 12.6. The molecule has 2 heterocycles. The summed E-state index contributed by atoms with van der Waals surface area (Å²) in [7, 11) is 0. The van der Waals surface area contributed by atoms with Gasteiger partial charge in [0.05, 0.1) is 23.9 Å². The molecule has 0 radical (unpaired) electrons. The molecule has 0 fully saturated rings. The number of benzene rings is 1. The molecule has 0 bridgehead atoms. The molecule has 8 nitrogen and oxygen atoms in total. The van der Waals surface area contributed by atoms with E-state index in [-0.39, 0.29) is 30.2 Å². The minimum absolute atomic E-state index is 0.00987. The van der Waals surface area contributed by atoms with Gasteiger partial charge in [-0.1, -0.05) is 41.9 Å². The van der Waals surface area contributed by atoms with Gasteiger partial charge in [0.15, 0.2) is 0 Å². The summed E-state index contributed by atoms with van der Waals surface area (Å²) < 4.78 is 10.4. The molecule has 2 amide bonds. The second-order valence-electron chi connectivity index (χ2n) is 5.99. The SMILES string of the molecule is CCOC(=O)C1=C(COC(=O)c2cc(Cl)ccn2)NC(=O)NC1c1ccccc1. The zero-order chi connectivity index (χ0) is 20.8. The Morgan fingerprint density at radius 3 is 2.59 bits per heavy atom. The number of nitrogens with one attached hydrogen (secondary N) is 2. The van der Waals surface area contributed by atoms with Gasteiger partial charge in [-0.25, -0.2) is 19.4 Å². The number of pyridine rings is 1. The molecule has 0 saturated carbocycles. The quantitative estimate of drug-likeness (QED) is 0.702. The molecule has 2 aromatic rings. The fourth-order valence-electron chi connectivity index (χ4n) is 2.81. The van der Waals surface area contributed by atoms with Crippen LogP contribution in [-0.4, -0.2) is 36.2 Å². The van der Waals surface area contributed by atoms with Crippen molar-refractivity contribution in [1.82, 2.24) is 15.6 Å². The minimum atomic E-state index is -0.748. The summed E-state index contributed by atoms with van der Waals surface area (Å²) in [5.41, 5.74) is 0.988. The highest BCUT2D eigenvalue weighted by molar-refractivity contribution is 6.30. The second kappa shape index (κ2) is 9.20. The van der Waals surface area contributed by atoms with E-state index in [9.17, 15) is 14.4 Å². The molecule has 1 aromatic carbocycles. The largest absolute Gasteiger partial charge is 0.463 e. The van der Waals surface area contributed by atoms with Crippen LogP contribution in [0.5, 0.6) is 0 Å². The van der Waals surface area contributed by atoms with E-state index in [0.717, 1.165) is 0 Å².